The highest BCUT2D eigenvalue weighted by molar-refractivity contribution is 6.28. The van der Waals surface area contributed by atoms with E-state index in [0.29, 0.717) is 31.3 Å². The van der Waals surface area contributed by atoms with Crippen LogP contribution in [0.15, 0.2) is 18.9 Å². The number of halogens is 1. The van der Waals surface area contributed by atoms with Crippen molar-refractivity contribution in [2.24, 2.45) is 0 Å². The standard InChI is InChI=1S/C10H15ClN4O/c1-2-3-5-16-6-4-13-9-8(12)7-14-10(11)15-9/h2,7H,1,3-6,12H2,(H,13,14,15). The van der Waals surface area contributed by atoms with Gasteiger partial charge in [-0.3, -0.25) is 0 Å². The fourth-order valence-electron chi connectivity index (χ4n) is 1.02. The minimum absolute atomic E-state index is 0.171. The molecule has 0 atom stereocenters. The zero-order chi connectivity index (χ0) is 11.8. The van der Waals surface area contributed by atoms with Crippen LogP contribution < -0.4 is 11.1 Å². The van der Waals surface area contributed by atoms with Crippen molar-refractivity contribution in [2.45, 2.75) is 6.42 Å². The number of aromatic nitrogens is 2. The third kappa shape index (κ3) is 4.46. The van der Waals surface area contributed by atoms with E-state index >= 15 is 0 Å². The van der Waals surface area contributed by atoms with E-state index in [1.165, 1.54) is 6.20 Å². The lowest BCUT2D eigenvalue weighted by Gasteiger charge is -2.08. The molecule has 1 aromatic rings. The maximum atomic E-state index is 5.65. The number of rotatable bonds is 7. The van der Waals surface area contributed by atoms with Gasteiger partial charge in [0.05, 0.1) is 25.1 Å². The number of nitrogens with zero attached hydrogens (tertiary/aromatic N) is 2. The summed E-state index contributed by atoms with van der Waals surface area (Å²) in [7, 11) is 0. The van der Waals surface area contributed by atoms with Crippen LogP contribution in [-0.2, 0) is 4.74 Å². The molecule has 0 saturated carbocycles. The second kappa shape index (κ2) is 7.03. The molecule has 0 saturated heterocycles. The Hall–Kier alpha value is -1.33. The van der Waals surface area contributed by atoms with Gasteiger partial charge in [-0.15, -0.1) is 6.58 Å². The Labute approximate surface area is 99.7 Å². The summed E-state index contributed by atoms with van der Waals surface area (Å²) in [5.41, 5.74) is 6.12. The fraction of sp³-hybridized carbons (Fsp3) is 0.400. The smallest absolute Gasteiger partial charge is 0.224 e. The lowest BCUT2D eigenvalue weighted by atomic mass is 10.4. The molecule has 0 unspecified atom stereocenters. The van der Waals surface area contributed by atoms with Gasteiger partial charge in [-0.2, -0.15) is 4.98 Å². The molecule has 0 amide bonds. The van der Waals surface area contributed by atoms with Crippen LogP contribution in [0, 0.1) is 0 Å². The summed E-state index contributed by atoms with van der Waals surface area (Å²) in [5, 5.41) is 3.19. The average Bonchev–Trinajstić information content (AvgIpc) is 2.28. The van der Waals surface area contributed by atoms with Crippen molar-refractivity contribution in [1.29, 1.82) is 0 Å². The highest BCUT2D eigenvalue weighted by Gasteiger charge is 2.01. The summed E-state index contributed by atoms with van der Waals surface area (Å²) < 4.78 is 5.31. The molecular formula is C10H15ClN4O. The molecule has 0 fully saturated rings. The molecule has 0 radical (unpaired) electrons. The van der Waals surface area contributed by atoms with Gasteiger partial charge in [-0.05, 0) is 18.0 Å². The van der Waals surface area contributed by atoms with Crippen LogP contribution in [0.2, 0.25) is 5.28 Å². The van der Waals surface area contributed by atoms with Gasteiger partial charge in [0.2, 0.25) is 5.28 Å². The number of hydrogen-bond donors (Lipinski definition) is 2. The molecule has 0 aromatic carbocycles. The Bertz CT molecular complexity index is 346. The Balaban J connectivity index is 2.26. The van der Waals surface area contributed by atoms with Crippen molar-refractivity contribution in [3.05, 3.63) is 24.1 Å². The zero-order valence-corrected chi connectivity index (χ0v) is 9.70. The minimum atomic E-state index is 0.171. The van der Waals surface area contributed by atoms with E-state index in [1.54, 1.807) is 0 Å². The monoisotopic (exact) mass is 242 g/mol. The Morgan fingerprint density at radius 2 is 2.38 bits per heavy atom. The van der Waals surface area contributed by atoms with Gasteiger partial charge in [0, 0.05) is 6.54 Å². The van der Waals surface area contributed by atoms with Gasteiger partial charge in [0.25, 0.3) is 0 Å². The van der Waals surface area contributed by atoms with Gasteiger partial charge in [-0.25, -0.2) is 4.98 Å². The highest BCUT2D eigenvalue weighted by Crippen LogP contribution is 2.14. The van der Waals surface area contributed by atoms with Crippen LogP contribution in [-0.4, -0.2) is 29.7 Å². The molecule has 1 aromatic heterocycles. The topological polar surface area (TPSA) is 73.1 Å². The molecule has 0 aliphatic carbocycles. The first kappa shape index (κ1) is 12.7. The predicted molar refractivity (Wildman–Crippen MR) is 65.6 cm³/mol. The van der Waals surface area contributed by atoms with Crippen molar-refractivity contribution in [3.63, 3.8) is 0 Å². The molecule has 6 heteroatoms. The van der Waals surface area contributed by atoms with Crippen LogP contribution in [0.5, 0.6) is 0 Å². The Morgan fingerprint density at radius 1 is 1.56 bits per heavy atom. The van der Waals surface area contributed by atoms with Crippen molar-refractivity contribution in [1.82, 2.24) is 9.97 Å². The van der Waals surface area contributed by atoms with Gasteiger partial charge in [-0.1, -0.05) is 6.08 Å². The highest BCUT2D eigenvalue weighted by atomic mass is 35.5. The van der Waals surface area contributed by atoms with E-state index in [-0.39, 0.29) is 5.28 Å². The van der Waals surface area contributed by atoms with E-state index < -0.39 is 0 Å². The normalized spacial score (nSPS) is 10.1. The van der Waals surface area contributed by atoms with E-state index in [9.17, 15) is 0 Å². The van der Waals surface area contributed by atoms with Crippen molar-refractivity contribution in [2.75, 3.05) is 30.8 Å². The third-order valence-corrected chi connectivity index (χ3v) is 1.97. The summed E-state index contributed by atoms with van der Waals surface area (Å²) in [5.74, 6) is 0.535. The van der Waals surface area contributed by atoms with E-state index in [0.717, 1.165) is 6.42 Å². The Morgan fingerprint density at radius 3 is 3.12 bits per heavy atom. The first-order valence-electron chi connectivity index (χ1n) is 4.94. The second-order valence-corrected chi connectivity index (χ2v) is 3.40. The molecule has 0 aliphatic rings. The molecule has 0 spiro atoms. The molecule has 3 N–H and O–H groups in total. The molecule has 1 heterocycles. The largest absolute Gasteiger partial charge is 0.394 e. The van der Waals surface area contributed by atoms with E-state index in [1.807, 2.05) is 6.08 Å². The summed E-state index contributed by atoms with van der Waals surface area (Å²) in [6, 6.07) is 0. The van der Waals surface area contributed by atoms with Gasteiger partial charge in [0.15, 0.2) is 5.82 Å². The zero-order valence-electron chi connectivity index (χ0n) is 8.95. The van der Waals surface area contributed by atoms with Crippen molar-refractivity contribution in [3.8, 4) is 0 Å². The molecule has 1 rings (SSSR count). The third-order valence-electron chi connectivity index (χ3n) is 1.79. The predicted octanol–water partition coefficient (Wildman–Crippen LogP) is 1.72. The van der Waals surface area contributed by atoms with E-state index in [2.05, 4.69) is 21.9 Å². The number of ether oxygens (including phenoxy) is 1. The Kier molecular flexibility index (Phi) is 5.60. The number of hydrogen-bond acceptors (Lipinski definition) is 5. The summed E-state index contributed by atoms with van der Waals surface area (Å²) >= 11 is 5.64. The maximum Gasteiger partial charge on any atom is 0.224 e. The van der Waals surface area contributed by atoms with Crippen LogP contribution in [0.1, 0.15) is 6.42 Å². The number of nitrogens with two attached hydrogens (primary N) is 1. The van der Waals surface area contributed by atoms with Gasteiger partial charge < -0.3 is 15.8 Å². The van der Waals surface area contributed by atoms with Crippen molar-refractivity contribution < 1.29 is 4.74 Å². The molecule has 0 aliphatic heterocycles. The lowest BCUT2D eigenvalue weighted by Crippen LogP contribution is -2.12. The first-order chi connectivity index (χ1) is 7.74. The number of nitrogens with one attached hydrogen (secondary N) is 1. The molecule has 0 bridgehead atoms. The number of nitrogen functional groups attached to an aromatic ring is 1. The fourth-order valence-corrected chi connectivity index (χ4v) is 1.15. The van der Waals surface area contributed by atoms with Gasteiger partial charge in [0.1, 0.15) is 0 Å². The number of anilines is 2. The lowest BCUT2D eigenvalue weighted by molar-refractivity contribution is 0.149. The molecule has 5 nitrogen and oxygen atoms in total. The van der Waals surface area contributed by atoms with Crippen LogP contribution >= 0.6 is 11.6 Å². The van der Waals surface area contributed by atoms with Crippen LogP contribution in [0.4, 0.5) is 11.5 Å². The SMILES string of the molecule is C=CCCOCCNc1nc(Cl)ncc1N. The van der Waals surface area contributed by atoms with Crippen LogP contribution in [0.25, 0.3) is 0 Å². The summed E-state index contributed by atoms with van der Waals surface area (Å²) in [4.78, 5) is 7.71. The second-order valence-electron chi connectivity index (χ2n) is 3.06. The first-order valence-corrected chi connectivity index (χ1v) is 5.32. The molecular weight excluding hydrogens is 228 g/mol. The summed E-state index contributed by atoms with van der Waals surface area (Å²) in [6.45, 7) is 5.47. The quantitative estimate of drug-likeness (QED) is 0.433. The van der Waals surface area contributed by atoms with Crippen molar-refractivity contribution >= 4 is 23.1 Å². The maximum absolute atomic E-state index is 5.65. The van der Waals surface area contributed by atoms with E-state index in [4.69, 9.17) is 22.1 Å². The summed E-state index contributed by atoms with van der Waals surface area (Å²) in [6.07, 6.45) is 4.13. The van der Waals surface area contributed by atoms with Gasteiger partial charge >= 0.3 is 0 Å². The minimum Gasteiger partial charge on any atom is -0.394 e. The molecule has 16 heavy (non-hydrogen) atoms. The van der Waals surface area contributed by atoms with Crippen LogP contribution in [0.3, 0.4) is 0 Å². The molecule has 88 valence electrons. The average molecular weight is 243 g/mol.